The minimum absolute atomic E-state index is 0.0170. The van der Waals surface area contributed by atoms with E-state index in [1.807, 2.05) is 0 Å². The molecule has 1 unspecified atom stereocenters. The normalized spacial score (nSPS) is 12.5. The number of carboxylic acids is 1. The van der Waals surface area contributed by atoms with Gasteiger partial charge in [0.05, 0.1) is 12.5 Å². The van der Waals surface area contributed by atoms with E-state index in [2.05, 4.69) is 4.74 Å². The Morgan fingerprint density at radius 1 is 1.80 bits per heavy atom. The molecule has 0 aromatic heterocycles. The number of carbonyl (C=O) groups is 2. The summed E-state index contributed by atoms with van der Waals surface area (Å²) in [4.78, 5) is 20.1. The monoisotopic (exact) mass is 146 g/mol. The van der Waals surface area contributed by atoms with E-state index in [1.165, 1.54) is 7.11 Å². The van der Waals surface area contributed by atoms with Crippen LogP contribution in [-0.2, 0) is 14.3 Å². The van der Waals surface area contributed by atoms with Crippen LogP contribution in [0.1, 0.15) is 6.42 Å². The fourth-order valence-electron chi connectivity index (χ4n) is 0.557. The van der Waals surface area contributed by atoms with E-state index < -0.39 is 11.9 Å². The highest BCUT2D eigenvalue weighted by Crippen LogP contribution is 2.00. The quantitative estimate of drug-likeness (QED) is 0.551. The first kappa shape index (κ1) is 9.10. The van der Waals surface area contributed by atoms with Crippen LogP contribution in [0.15, 0.2) is 0 Å². The van der Waals surface area contributed by atoms with E-state index >= 15 is 0 Å². The van der Waals surface area contributed by atoms with Crippen LogP contribution in [-0.4, -0.2) is 31.1 Å². The van der Waals surface area contributed by atoms with Crippen LogP contribution >= 0.6 is 0 Å². The smallest absolute Gasteiger partial charge is 0.309 e. The van der Waals surface area contributed by atoms with Crippen molar-refractivity contribution in [3.63, 3.8) is 0 Å². The number of aldehydes is 1. The molecule has 0 bridgehead atoms. The fraction of sp³-hybridized carbons (Fsp3) is 0.667. The third-order valence-corrected chi connectivity index (χ3v) is 1.10. The molecule has 0 radical (unpaired) electrons. The highest BCUT2D eigenvalue weighted by Gasteiger charge is 2.15. The fourth-order valence-corrected chi connectivity index (χ4v) is 0.557. The Balaban J connectivity index is 3.71. The van der Waals surface area contributed by atoms with Crippen molar-refractivity contribution in [2.75, 3.05) is 13.7 Å². The van der Waals surface area contributed by atoms with Crippen LogP contribution in [0.5, 0.6) is 0 Å². The lowest BCUT2D eigenvalue weighted by Crippen LogP contribution is -2.19. The third kappa shape index (κ3) is 3.19. The molecule has 0 fully saturated rings. The van der Waals surface area contributed by atoms with Gasteiger partial charge in [-0.05, 0) is 0 Å². The topological polar surface area (TPSA) is 63.6 Å². The summed E-state index contributed by atoms with van der Waals surface area (Å²) in [5.74, 6) is -1.68. The van der Waals surface area contributed by atoms with Gasteiger partial charge in [0.1, 0.15) is 6.29 Å². The lowest BCUT2D eigenvalue weighted by molar-refractivity contribution is -0.144. The van der Waals surface area contributed by atoms with Crippen molar-refractivity contribution in [3.8, 4) is 0 Å². The van der Waals surface area contributed by atoms with Gasteiger partial charge in [0.2, 0.25) is 0 Å². The Hall–Kier alpha value is -0.900. The van der Waals surface area contributed by atoms with Crippen molar-refractivity contribution in [2.45, 2.75) is 6.42 Å². The number of methoxy groups -OCH3 is 1. The molecule has 1 atom stereocenters. The molecule has 0 amide bonds. The molecule has 0 aromatic rings. The first-order valence-corrected chi connectivity index (χ1v) is 2.87. The van der Waals surface area contributed by atoms with Crippen molar-refractivity contribution in [1.82, 2.24) is 0 Å². The summed E-state index contributed by atoms with van der Waals surface area (Å²) >= 11 is 0. The van der Waals surface area contributed by atoms with Gasteiger partial charge in [-0.25, -0.2) is 0 Å². The van der Waals surface area contributed by atoms with Crippen LogP contribution in [0, 0.1) is 5.92 Å². The van der Waals surface area contributed by atoms with Gasteiger partial charge in [0.25, 0.3) is 0 Å². The number of hydrogen-bond acceptors (Lipinski definition) is 3. The average molecular weight is 146 g/mol. The van der Waals surface area contributed by atoms with Crippen LogP contribution in [0.3, 0.4) is 0 Å². The summed E-state index contributed by atoms with van der Waals surface area (Å²) < 4.78 is 4.58. The Morgan fingerprint density at radius 2 is 2.40 bits per heavy atom. The van der Waals surface area contributed by atoms with E-state index in [1.54, 1.807) is 0 Å². The minimum atomic E-state index is -0.992. The van der Waals surface area contributed by atoms with Gasteiger partial charge in [0, 0.05) is 13.5 Å². The van der Waals surface area contributed by atoms with Crippen LogP contribution in [0.4, 0.5) is 0 Å². The minimum Gasteiger partial charge on any atom is -0.481 e. The predicted octanol–water partition coefficient (Wildman–Crippen LogP) is -0.0774. The predicted molar refractivity (Wildman–Crippen MR) is 33.7 cm³/mol. The summed E-state index contributed by atoms with van der Waals surface area (Å²) in [7, 11) is 1.40. The van der Waals surface area contributed by atoms with E-state index in [0.29, 0.717) is 6.29 Å². The SMILES string of the molecule is COCC(CC=O)C(=O)O. The molecule has 10 heavy (non-hydrogen) atoms. The highest BCUT2D eigenvalue weighted by molar-refractivity contribution is 5.73. The van der Waals surface area contributed by atoms with Gasteiger partial charge in [0.15, 0.2) is 0 Å². The molecule has 0 heterocycles. The number of rotatable bonds is 5. The lowest BCUT2D eigenvalue weighted by Gasteiger charge is -2.05. The maximum atomic E-state index is 10.2. The molecule has 0 rings (SSSR count). The second-order valence-corrected chi connectivity index (χ2v) is 1.89. The van der Waals surface area contributed by atoms with Gasteiger partial charge in [-0.3, -0.25) is 4.79 Å². The average Bonchev–Trinajstić information content (AvgIpc) is 1.87. The first-order valence-electron chi connectivity index (χ1n) is 2.87. The third-order valence-electron chi connectivity index (χ3n) is 1.10. The van der Waals surface area contributed by atoms with Crippen molar-refractivity contribution < 1.29 is 19.4 Å². The van der Waals surface area contributed by atoms with E-state index in [9.17, 15) is 9.59 Å². The molecule has 0 aromatic carbocycles. The van der Waals surface area contributed by atoms with Crippen LogP contribution < -0.4 is 0 Å². The molecule has 0 saturated carbocycles. The lowest BCUT2D eigenvalue weighted by atomic mass is 10.1. The zero-order chi connectivity index (χ0) is 7.98. The van der Waals surface area contributed by atoms with Gasteiger partial charge < -0.3 is 14.6 Å². The van der Waals surface area contributed by atoms with Crippen LogP contribution in [0.25, 0.3) is 0 Å². The molecule has 58 valence electrons. The van der Waals surface area contributed by atoms with Crippen molar-refractivity contribution >= 4 is 12.3 Å². The molecule has 1 N–H and O–H groups in total. The summed E-state index contributed by atoms with van der Waals surface area (Å²) in [5.41, 5.74) is 0. The zero-order valence-electron chi connectivity index (χ0n) is 5.74. The number of aliphatic carboxylic acids is 1. The molecule has 0 spiro atoms. The second-order valence-electron chi connectivity index (χ2n) is 1.89. The van der Waals surface area contributed by atoms with E-state index in [-0.39, 0.29) is 13.0 Å². The number of carbonyl (C=O) groups excluding carboxylic acids is 1. The number of hydrogen-bond donors (Lipinski definition) is 1. The van der Waals surface area contributed by atoms with Crippen molar-refractivity contribution in [2.24, 2.45) is 5.92 Å². The molecule has 0 saturated heterocycles. The largest absolute Gasteiger partial charge is 0.481 e. The number of ether oxygens (including phenoxy) is 1. The molecule has 0 aliphatic heterocycles. The Labute approximate surface area is 58.8 Å². The summed E-state index contributed by atoms with van der Waals surface area (Å²) in [6.45, 7) is 0.0913. The standard InChI is InChI=1S/C6H10O4/c1-10-4-5(2-3-7)6(8)9/h3,5H,2,4H2,1H3,(H,8,9). The molecular formula is C6H10O4. The van der Waals surface area contributed by atoms with E-state index in [4.69, 9.17) is 5.11 Å². The maximum absolute atomic E-state index is 10.2. The Bertz CT molecular complexity index is 121. The summed E-state index contributed by atoms with van der Waals surface area (Å²) in [6.07, 6.45) is 0.598. The van der Waals surface area contributed by atoms with Gasteiger partial charge in [-0.2, -0.15) is 0 Å². The van der Waals surface area contributed by atoms with Gasteiger partial charge in [-0.1, -0.05) is 0 Å². The Morgan fingerprint density at radius 3 is 2.70 bits per heavy atom. The molecular weight excluding hydrogens is 136 g/mol. The van der Waals surface area contributed by atoms with Gasteiger partial charge >= 0.3 is 5.97 Å². The van der Waals surface area contributed by atoms with E-state index in [0.717, 1.165) is 0 Å². The van der Waals surface area contributed by atoms with Crippen LogP contribution in [0.2, 0.25) is 0 Å². The zero-order valence-corrected chi connectivity index (χ0v) is 5.74. The van der Waals surface area contributed by atoms with Crippen molar-refractivity contribution in [3.05, 3.63) is 0 Å². The molecule has 4 nitrogen and oxygen atoms in total. The van der Waals surface area contributed by atoms with Gasteiger partial charge in [-0.15, -0.1) is 0 Å². The summed E-state index contributed by atoms with van der Waals surface area (Å²) in [5, 5.41) is 8.40. The molecule has 0 aliphatic carbocycles. The number of carboxylic acid groups (broad SMARTS) is 1. The second kappa shape index (κ2) is 4.93. The van der Waals surface area contributed by atoms with Crippen molar-refractivity contribution in [1.29, 1.82) is 0 Å². The maximum Gasteiger partial charge on any atom is 0.309 e. The molecule has 0 aliphatic rings. The first-order chi connectivity index (χ1) is 4.72. The summed E-state index contributed by atoms with van der Waals surface area (Å²) in [6, 6.07) is 0. The highest BCUT2D eigenvalue weighted by atomic mass is 16.5. The molecule has 4 heteroatoms. The Kier molecular flexibility index (Phi) is 4.49.